The molecule has 0 radical (unpaired) electrons. The molecule has 0 aromatic carbocycles. The average molecular weight is 491 g/mol. The molecule has 0 amide bonds. The molecule has 158 valence electrons. The molecule has 8 heteroatoms. The standard InChI is InChI=1S/C24H18N4S4/c1-27-15(17-7-9-21(31-17)19-5-3-11-29-19)13-25-23(27)24-26-14-16(28(24)2)18-8-10-22(32-18)20-6-4-12-30-20/h3-14H,1-2H3. The van der Waals surface area contributed by atoms with Gasteiger partial charge in [-0.2, -0.15) is 0 Å². The van der Waals surface area contributed by atoms with Gasteiger partial charge in [0.05, 0.1) is 33.5 Å². The van der Waals surface area contributed by atoms with Gasteiger partial charge in [-0.3, -0.25) is 0 Å². The van der Waals surface area contributed by atoms with E-state index in [1.165, 1.54) is 29.3 Å². The Morgan fingerprint density at radius 2 is 1.00 bits per heavy atom. The highest BCUT2D eigenvalue weighted by Gasteiger charge is 2.19. The maximum atomic E-state index is 4.74. The van der Waals surface area contributed by atoms with Gasteiger partial charge in [-0.15, -0.1) is 45.3 Å². The van der Waals surface area contributed by atoms with E-state index in [0.717, 1.165) is 23.0 Å². The summed E-state index contributed by atoms with van der Waals surface area (Å²) in [5.74, 6) is 1.74. The van der Waals surface area contributed by atoms with Crippen LogP contribution in [0.3, 0.4) is 0 Å². The number of thiophene rings is 4. The monoisotopic (exact) mass is 490 g/mol. The first-order chi connectivity index (χ1) is 15.7. The predicted molar refractivity (Wildman–Crippen MR) is 139 cm³/mol. The lowest BCUT2D eigenvalue weighted by Gasteiger charge is -2.06. The second-order valence-corrected chi connectivity index (χ2v) is 11.4. The Bertz CT molecular complexity index is 1380. The average Bonchev–Trinajstić information content (AvgIpc) is 3.62. The largest absolute Gasteiger partial charge is 0.324 e. The molecular formula is C24H18N4S4. The summed E-state index contributed by atoms with van der Waals surface area (Å²) in [5, 5.41) is 4.24. The molecule has 6 aromatic heterocycles. The quantitative estimate of drug-likeness (QED) is 0.248. The van der Waals surface area contributed by atoms with Gasteiger partial charge in [-0.05, 0) is 47.2 Å². The topological polar surface area (TPSA) is 35.6 Å². The highest BCUT2D eigenvalue weighted by Crippen LogP contribution is 2.39. The summed E-state index contributed by atoms with van der Waals surface area (Å²) in [5.41, 5.74) is 2.21. The summed E-state index contributed by atoms with van der Waals surface area (Å²) in [6, 6.07) is 17.3. The van der Waals surface area contributed by atoms with Gasteiger partial charge in [-0.25, -0.2) is 9.97 Å². The van der Waals surface area contributed by atoms with Crippen molar-refractivity contribution in [2.45, 2.75) is 0 Å². The molecule has 6 aromatic rings. The van der Waals surface area contributed by atoms with Gasteiger partial charge in [0.1, 0.15) is 0 Å². The van der Waals surface area contributed by atoms with Crippen LogP contribution in [0.4, 0.5) is 0 Å². The molecule has 0 saturated heterocycles. The third-order valence-corrected chi connectivity index (χ3v) is 9.77. The molecule has 0 aliphatic carbocycles. The van der Waals surface area contributed by atoms with Crippen molar-refractivity contribution in [3.05, 3.63) is 71.7 Å². The van der Waals surface area contributed by atoms with Crippen molar-refractivity contribution >= 4 is 45.3 Å². The first-order valence-corrected chi connectivity index (χ1v) is 13.4. The van der Waals surface area contributed by atoms with E-state index in [1.807, 2.05) is 12.4 Å². The number of hydrogen-bond donors (Lipinski definition) is 0. The fraction of sp³-hybridized carbons (Fsp3) is 0.0833. The molecule has 6 rings (SSSR count). The zero-order valence-corrected chi connectivity index (χ0v) is 20.6. The van der Waals surface area contributed by atoms with Crippen molar-refractivity contribution in [1.82, 2.24) is 19.1 Å². The van der Waals surface area contributed by atoms with Crippen LogP contribution >= 0.6 is 45.3 Å². The summed E-state index contributed by atoms with van der Waals surface area (Å²) in [7, 11) is 4.13. The van der Waals surface area contributed by atoms with Crippen LogP contribution in [0.5, 0.6) is 0 Å². The minimum absolute atomic E-state index is 0.870. The number of imidazole rings is 2. The zero-order valence-electron chi connectivity index (χ0n) is 17.4. The summed E-state index contributed by atoms with van der Waals surface area (Å²) < 4.78 is 4.28. The van der Waals surface area contributed by atoms with E-state index in [9.17, 15) is 0 Å². The summed E-state index contributed by atoms with van der Waals surface area (Å²) in [4.78, 5) is 17.1. The number of aromatic nitrogens is 4. The first kappa shape index (κ1) is 19.9. The predicted octanol–water partition coefficient (Wildman–Crippen LogP) is 7.73. The normalized spacial score (nSPS) is 11.4. The molecule has 32 heavy (non-hydrogen) atoms. The number of nitrogens with zero attached hydrogens (tertiary/aromatic N) is 4. The molecule has 0 atom stereocenters. The summed E-state index contributed by atoms with van der Waals surface area (Å²) in [6.07, 6.45) is 3.90. The number of rotatable bonds is 5. The highest BCUT2D eigenvalue weighted by molar-refractivity contribution is 7.23. The maximum absolute atomic E-state index is 4.74. The fourth-order valence-electron chi connectivity index (χ4n) is 3.75. The summed E-state index contributed by atoms with van der Waals surface area (Å²) in [6.45, 7) is 0. The SMILES string of the molecule is Cn1c(-c2ccc(-c3cccs3)s2)cnc1-c1ncc(-c2ccc(-c3cccs3)s2)n1C. The molecule has 0 bridgehead atoms. The zero-order chi connectivity index (χ0) is 21.7. The van der Waals surface area contributed by atoms with Crippen molar-refractivity contribution in [1.29, 1.82) is 0 Å². The van der Waals surface area contributed by atoms with E-state index in [4.69, 9.17) is 9.97 Å². The van der Waals surface area contributed by atoms with Gasteiger partial charge < -0.3 is 9.13 Å². The Hall–Kier alpha value is -2.78. The van der Waals surface area contributed by atoms with Gasteiger partial charge in [0.2, 0.25) is 0 Å². The minimum Gasteiger partial charge on any atom is -0.324 e. The minimum atomic E-state index is 0.870. The second-order valence-electron chi connectivity index (χ2n) is 7.33. The van der Waals surface area contributed by atoms with E-state index < -0.39 is 0 Å². The lowest BCUT2D eigenvalue weighted by molar-refractivity contribution is 0.869. The van der Waals surface area contributed by atoms with Crippen molar-refractivity contribution in [3.63, 3.8) is 0 Å². The Morgan fingerprint density at radius 1 is 0.562 bits per heavy atom. The molecule has 4 nitrogen and oxygen atoms in total. The smallest absolute Gasteiger partial charge is 0.176 e. The lowest BCUT2D eigenvalue weighted by Crippen LogP contribution is -2.01. The molecule has 0 aliphatic heterocycles. The molecule has 0 saturated carbocycles. The van der Waals surface area contributed by atoms with E-state index in [2.05, 4.69) is 82.5 Å². The van der Waals surface area contributed by atoms with Crippen molar-refractivity contribution in [3.8, 4) is 52.3 Å². The van der Waals surface area contributed by atoms with Crippen LogP contribution in [0.15, 0.2) is 71.7 Å². The Labute approximate surface area is 201 Å². The molecule has 0 fully saturated rings. The van der Waals surface area contributed by atoms with Crippen LogP contribution in [-0.2, 0) is 14.1 Å². The highest BCUT2D eigenvalue weighted by atomic mass is 32.1. The van der Waals surface area contributed by atoms with Crippen LogP contribution in [0.25, 0.3) is 52.3 Å². The lowest BCUT2D eigenvalue weighted by atomic mass is 10.3. The van der Waals surface area contributed by atoms with Crippen LogP contribution in [-0.4, -0.2) is 19.1 Å². The fourth-order valence-corrected chi connectivity index (χ4v) is 7.52. The third-order valence-electron chi connectivity index (χ3n) is 5.42. The molecule has 0 N–H and O–H groups in total. The Morgan fingerprint density at radius 3 is 1.41 bits per heavy atom. The van der Waals surface area contributed by atoms with Crippen LogP contribution in [0.2, 0.25) is 0 Å². The van der Waals surface area contributed by atoms with E-state index in [1.54, 1.807) is 45.3 Å². The molecule has 6 heterocycles. The molecule has 0 spiro atoms. The maximum Gasteiger partial charge on any atom is 0.176 e. The molecule has 0 aliphatic rings. The van der Waals surface area contributed by atoms with Crippen LogP contribution in [0.1, 0.15) is 0 Å². The summed E-state index contributed by atoms with van der Waals surface area (Å²) >= 11 is 7.14. The van der Waals surface area contributed by atoms with Gasteiger partial charge in [0, 0.05) is 33.6 Å². The van der Waals surface area contributed by atoms with E-state index >= 15 is 0 Å². The van der Waals surface area contributed by atoms with Crippen LogP contribution in [0, 0.1) is 0 Å². The van der Waals surface area contributed by atoms with Crippen molar-refractivity contribution < 1.29 is 0 Å². The Kier molecular flexibility index (Phi) is 4.95. The molecule has 0 unspecified atom stereocenters. The van der Waals surface area contributed by atoms with E-state index in [-0.39, 0.29) is 0 Å². The van der Waals surface area contributed by atoms with Gasteiger partial charge in [0.15, 0.2) is 11.6 Å². The van der Waals surface area contributed by atoms with Crippen LogP contribution < -0.4 is 0 Å². The number of hydrogen-bond acceptors (Lipinski definition) is 6. The van der Waals surface area contributed by atoms with Gasteiger partial charge >= 0.3 is 0 Å². The van der Waals surface area contributed by atoms with Gasteiger partial charge in [-0.1, -0.05) is 12.1 Å². The van der Waals surface area contributed by atoms with Gasteiger partial charge in [0.25, 0.3) is 0 Å². The third kappa shape index (κ3) is 3.31. The Balaban J connectivity index is 1.34. The van der Waals surface area contributed by atoms with Crippen molar-refractivity contribution in [2.75, 3.05) is 0 Å². The van der Waals surface area contributed by atoms with E-state index in [0.29, 0.717) is 0 Å². The van der Waals surface area contributed by atoms with Crippen molar-refractivity contribution in [2.24, 2.45) is 14.1 Å². The molecular weight excluding hydrogens is 473 g/mol. The first-order valence-electron chi connectivity index (χ1n) is 10.0. The second kappa shape index (κ2) is 7.97.